The molecule has 0 bridgehead atoms. The van der Waals surface area contributed by atoms with Crippen molar-refractivity contribution in [1.82, 2.24) is 14.5 Å². The second-order valence-electron chi connectivity index (χ2n) is 7.50. The van der Waals surface area contributed by atoms with E-state index in [4.69, 9.17) is 5.73 Å². The summed E-state index contributed by atoms with van der Waals surface area (Å²) in [4.78, 5) is 31.7. The van der Waals surface area contributed by atoms with E-state index in [1.807, 2.05) is 33.7 Å². The number of benzene rings is 2. The first-order valence-electron chi connectivity index (χ1n) is 9.81. The van der Waals surface area contributed by atoms with Crippen LogP contribution in [-0.2, 0) is 9.59 Å². The molecule has 0 radical (unpaired) electrons. The Balaban J connectivity index is 1.61. The molecule has 1 aliphatic heterocycles. The number of hydrogen-bond donors (Lipinski definition) is 1. The largest absolute Gasteiger partial charge is 0.369 e. The first-order chi connectivity index (χ1) is 13.9. The molecule has 1 fully saturated rings. The second-order valence-corrected chi connectivity index (χ2v) is 7.50. The zero-order valence-corrected chi connectivity index (χ0v) is 16.7. The zero-order chi connectivity index (χ0) is 20.5. The van der Waals surface area contributed by atoms with Gasteiger partial charge in [-0.1, -0.05) is 12.1 Å². The highest BCUT2D eigenvalue weighted by molar-refractivity contribution is 5.84. The molecule has 0 saturated carbocycles. The Labute approximate surface area is 169 Å². The molecule has 1 aliphatic rings. The Morgan fingerprint density at radius 2 is 1.76 bits per heavy atom. The van der Waals surface area contributed by atoms with Crippen LogP contribution in [0.1, 0.15) is 25.3 Å². The summed E-state index contributed by atoms with van der Waals surface area (Å²) in [6.45, 7) is 6.55. The number of carbonyl (C=O) groups is 2. The van der Waals surface area contributed by atoms with Crippen molar-refractivity contribution in [2.45, 2.75) is 19.8 Å². The van der Waals surface area contributed by atoms with Crippen LogP contribution < -0.4 is 10.6 Å². The summed E-state index contributed by atoms with van der Waals surface area (Å²) in [5, 5.41) is 0. The van der Waals surface area contributed by atoms with Crippen LogP contribution in [0.4, 0.5) is 5.69 Å². The lowest BCUT2D eigenvalue weighted by atomic mass is 10.0. The predicted octanol–water partition coefficient (Wildman–Crippen LogP) is 2.28. The average molecular weight is 391 g/mol. The van der Waals surface area contributed by atoms with E-state index < -0.39 is 0 Å². The molecular weight excluding hydrogens is 366 g/mol. The Morgan fingerprint density at radius 3 is 2.45 bits per heavy atom. The molecule has 7 heteroatoms. The number of hydrogen-bond acceptors (Lipinski definition) is 4. The summed E-state index contributed by atoms with van der Waals surface area (Å²) < 4.78 is 2.05. The molecule has 3 aromatic rings. The lowest BCUT2D eigenvalue weighted by Crippen LogP contribution is -2.48. The number of piperazine rings is 1. The highest BCUT2D eigenvalue weighted by atomic mass is 16.2. The minimum absolute atomic E-state index is 0.133. The smallest absolute Gasteiger partial charge is 0.224 e. The van der Waals surface area contributed by atoms with Crippen LogP contribution in [0.2, 0.25) is 0 Å². The summed E-state index contributed by atoms with van der Waals surface area (Å²) in [7, 11) is 0. The molecule has 1 atom stereocenters. The molecule has 7 nitrogen and oxygen atoms in total. The van der Waals surface area contributed by atoms with Gasteiger partial charge in [0.15, 0.2) is 0 Å². The molecule has 0 spiro atoms. The number of aromatic nitrogens is 2. The van der Waals surface area contributed by atoms with E-state index in [1.165, 1.54) is 0 Å². The monoisotopic (exact) mass is 391 g/mol. The number of nitrogens with two attached hydrogens (primary N) is 1. The standard InChI is InChI=1S/C22H25N5O2/c1-15(22(23)29)17-6-7-21-20(12-17)24-14-27(21)19-5-3-4-18(13-19)26-10-8-25(9-11-26)16(2)28/h3-7,12-15H,8-11H2,1-2H3,(H2,23,29). The maximum Gasteiger partial charge on any atom is 0.224 e. The summed E-state index contributed by atoms with van der Waals surface area (Å²) >= 11 is 0. The number of amides is 2. The highest BCUT2D eigenvalue weighted by Gasteiger charge is 2.19. The van der Waals surface area contributed by atoms with Crippen molar-refractivity contribution in [2.75, 3.05) is 31.1 Å². The molecule has 29 heavy (non-hydrogen) atoms. The van der Waals surface area contributed by atoms with Crippen LogP contribution in [0.25, 0.3) is 16.7 Å². The predicted molar refractivity (Wildman–Crippen MR) is 113 cm³/mol. The minimum Gasteiger partial charge on any atom is -0.369 e. The second kappa shape index (κ2) is 7.58. The third-order valence-corrected chi connectivity index (χ3v) is 5.70. The number of fused-ring (bicyclic) bond motifs is 1. The summed E-state index contributed by atoms with van der Waals surface area (Å²) in [5.41, 5.74) is 10.3. The Morgan fingerprint density at radius 1 is 1.03 bits per heavy atom. The fourth-order valence-corrected chi connectivity index (χ4v) is 3.79. The zero-order valence-electron chi connectivity index (χ0n) is 16.7. The maximum absolute atomic E-state index is 11.6. The third-order valence-electron chi connectivity index (χ3n) is 5.70. The fourth-order valence-electron chi connectivity index (χ4n) is 3.79. The van der Waals surface area contributed by atoms with E-state index in [2.05, 4.69) is 28.1 Å². The van der Waals surface area contributed by atoms with Crippen molar-refractivity contribution in [3.63, 3.8) is 0 Å². The van der Waals surface area contributed by atoms with Crippen LogP contribution in [0.5, 0.6) is 0 Å². The third kappa shape index (κ3) is 3.68. The number of imidazole rings is 1. The van der Waals surface area contributed by atoms with E-state index >= 15 is 0 Å². The van der Waals surface area contributed by atoms with Gasteiger partial charge in [-0.25, -0.2) is 4.98 Å². The number of nitrogens with zero attached hydrogens (tertiary/aromatic N) is 4. The molecule has 1 aromatic heterocycles. The van der Waals surface area contributed by atoms with Crippen LogP contribution in [-0.4, -0.2) is 52.4 Å². The lowest BCUT2D eigenvalue weighted by molar-refractivity contribution is -0.129. The number of carbonyl (C=O) groups excluding carboxylic acids is 2. The van der Waals surface area contributed by atoms with Gasteiger partial charge in [-0.15, -0.1) is 0 Å². The normalized spacial score (nSPS) is 15.5. The maximum atomic E-state index is 11.6. The number of anilines is 1. The molecule has 2 aromatic carbocycles. The first-order valence-corrected chi connectivity index (χ1v) is 9.81. The Bertz CT molecular complexity index is 1070. The number of primary amides is 1. The highest BCUT2D eigenvalue weighted by Crippen LogP contribution is 2.26. The van der Waals surface area contributed by atoms with Gasteiger partial charge in [0.1, 0.15) is 6.33 Å². The molecule has 1 saturated heterocycles. The fraction of sp³-hybridized carbons (Fsp3) is 0.318. The number of rotatable bonds is 4. The molecule has 150 valence electrons. The van der Waals surface area contributed by atoms with Gasteiger partial charge >= 0.3 is 0 Å². The molecule has 2 amide bonds. The molecule has 2 N–H and O–H groups in total. The van der Waals surface area contributed by atoms with Gasteiger partial charge in [-0.3, -0.25) is 14.2 Å². The lowest BCUT2D eigenvalue weighted by Gasteiger charge is -2.35. The SMILES string of the molecule is CC(=O)N1CCN(c2cccc(-n3cnc4cc(C(C)C(N)=O)ccc43)c2)CC1. The van der Waals surface area contributed by atoms with Gasteiger partial charge in [0, 0.05) is 44.5 Å². The van der Waals surface area contributed by atoms with Crippen molar-refractivity contribution < 1.29 is 9.59 Å². The van der Waals surface area contributed by atoms with Crippen molar-refractivity contribution >= 4 is 28.5 Å². The van der Waals surface area contributed by atoms with Crippen LogP contribution in [0.15, 0.2) is 48.8 Å². The molecule has 0 aliphatic carbocycles. The summed E-state index contributed by atoms with van der Waals surface area (Å²) in [5.74, 6) is -0.559. The first kappa shape index (κ1) is 19.0. The Hall–Kier alpha value is -3.35. The minimum atomic E-state index is -0.346. The van der Waals surface area contributed by atoms with Crippen LogP contribution >= 0.6 is 0 Å². The topological polar surface area (TPSA) is 84.5 Å². The molecular formula is C22H25N5O2. The summed E-state index contributed by atoms with van der Waals surface area (Å²) in [6.07, 6.45) is 1.80. The molecule has 1 unspecified atom stereocenters. The van der Waals surface area contributed by atoms with Crippen molar-refractivity contribution in [3.05, 3.63) is 54.4 Å². The van der Waals surface area contributed by atoms with E-state index in [9.17, 15) is 9.59 Å². The van der Waals surface area contributed by atoms with Crippen LogP contribution in [0, 0.1) is 0 Å². The van der Waals surface area contributed by atoms with Gasteiger partial charge in [-0.05, 0) is 42.8 Å². The van der Waals surface area contributed by atoms with Gasteiger partial charge in [0.05, 0.1) is 17.0 Å². The van der Waals surface area contributed by atoms with E-state index in [1.54, 1.807) is 20.2 Å². The quantitative estimate of drug-likeness (QED) is 0.739. The van der Waals surface area contributed by atoms with E-state index in [-0.39, 0.29) is 17.7 Å². The van der Waals surface area contributed by atoms with E-state index in [0.717, 1.165) is 54.2 Å². The molecule has 2 heterocycles. The van der Waals surface area contributed by atoms with Crippen molar-refractivity contribution in [1.29, 1.82) is 0 Å². The van der Waals surface area contributed by atoms with Gasteiger partial charge in [0.2, 0.25) is 11.8 Å². The van der Waals surface area contributed by atoms with Gasteiger partial charge in [-0.2, -0.15) is 0 Å². The van der Waals surface area contributed by atoms with Crippen LogP contribution in [0.3, 0.4) is 0 Å². The van der Waals surface area contributed by atoms with Gasteiger partial charge in [0.25, 0.3) is 0 Å². The van der Waals surface area contributed by atoms with Crippen molar-refractivity contribution in [2.24, 2.45) is 5.73 Å². The molecule has 4 rings (SSSR count). The van der Waals surface area contributed by atoms with Crippen molar-refractivity contribution in [3.8, 4) is 5.69 Å². The van der Waals surface area contributed by atoms with Gasteiger partial charge < -0.3 is 15.5 Å². The summed E-state index contributed by atoms with van der Waals surface area (Å²) in [6, 6.07) is 14.2. The van der Waals surface area contributed by atoms with E-state index in [0.29, 0.717) is 0 Å². The Kier molecular flexibility index (Phi) is 4.96. The average Bonchev–Trinajstić information content (AvgIpc) is 3.16.